The van der Waals surface area contributed by atoms with Gasteiger partial charge < -0.3 is 16.2 Å². The van der Waals surface area contributed by atoms with E-state index in [0.29, 0.717) is 12.8 Å². The number of carbonyl (C=O) groups excluding carboxylic acids is 1. The predicted octanol–water partition coefficient (Wildman–Crippen LogP) is 1.92. The second-order valence-corrected chi connectivity index (χ2v) is 5.90. The summed E-state index contributed by atoms with van der Waals surface area (Å²) in [7, 11) is 0. The first-order valence-electron chi connectivity index (χ1n) is 6.58. The Kier molecular flexibility index (Phi) is 5.51. The molecule has 1 aromatic rings. The van der Waals surface area contributed by atoms with Crippen LogP contribution in [-0.4, -0.2) is 23.7 Å². The van der Waals surface area contributed by atoms with Gasteiger partial charge in [-0.05, 0) is 29.5 Å². The van der Waals surface area contributed by atoms with Gasteiger partial charge in [-0.25, -0.2) is 0 Å². The highest BCUT2D eigenvalue weighted by atomic mass is 16.2. The third-order valence-electron chi connectivity index (χ3n) is 3.16. The maximum Gasteiger partial charge on any atom is 0.225 e. The molecule has 1 unspecified atom stereocenters. The summed E-state index contributed by atoms with van der Waals surface area (Å²) in [5.41, 5.74) is 7.70. The standard InChI is InChI=1S/C15H24N2O2/c1-15(2,3)13(16)10-14(19)17-12-6-4-11(5-7-12)8-9-18/h4-7,13,18H,8-10,16H2,1-3H3,(H,17,19). The minimum Gasteiger partial charge on any atom is -0.396 e. The number of nitrogens with two attached hydrogens (primary N) is 1. The first-order valence-corrected chi connectivity index (χ1v) is 6.58. The van der Waals surface area contributed by atoms with Crippen molar-refractivity contribution in [1.29, 1.82) is 0 Å². The largest absolute Gasteiger partial charge is 0.396 e. The summed E-state index contributed by atoms with van der Waals surface area (Å²) in [5, 5.41) is 11.7. The summed E-state index contributed by atoms with van der Waals surface area (Å²) in [6, 6.07) is 7.31. The van der Waals surface area contributed by atoms with Gasteiger partial charge in [0.2, 0.25) is 5.91 Å². The first-order chi connectivity index (χ1) is 8.82. The Morgan fingerprint density at radius 3 is 2.37 bits per heavy atom. The van der Waals surface area contributed by atoms with E-state index in [0.717, 1.165) is 11.3 Å². The lowest BCUT2D eigenvalue weighted by Crippen LogP contribution is -2.38. The van der Waals surface area contributed by atoms with Gasteiger partial charge in [0.1, 0.15) is 0 Å². The number of aliphatic hydroxyl groups excluding tert-OH is 1. The number of hydrogen-bond acceptors (Lipinski definition) is 3. The Balaban J connectivity index is 2.53. The zero-order valence-corrected chi connectivity index (χ0v) is 11.9. The van der Waals surface area contributed by atoms with Gasteiger partial charge in [-0.1, -0.05) is 32.9 Å². The molecule has 106 valence electrons. The number of carbonyl (C=O) groups is 1. The van der Waals surface area contributed by atoms with Crippen molar-refractivity contribution in [2.45, 2.75) is 39.7 Å². The van der Waals surface area contributed by atoms with Crippen molar-refractivity contribution in [3.63, 3.8) is 0 Å². The van der Waals surface area contributed by atoms with Crippen LogP contribution in [0.4, 0.5) is 5.69 Å². The number of amides is 1. The summed E-state index contributed by atoms with van der Waals surface area (Å²) in [6.45, 7) is 6.20. The smallest absolute Gasteiger partial charge is 0.225 e. The Bertz CT molecular complexity index is 407. The van der Waals surface area contributed by atoms with Gasteiger partial charge in [0.25, 0.3) is 0 Å². The minimum absolute atomic E-state index is 0.0719. The summed E-state index contributed by atoms with van der Waals surface area (Å²) >= 11 is 0. The number of benzene rings is 1. The summed E-state index contributed by atoms with van der Waals surface area (Å²) in [4.78, 5) is 11.8. The van der Waals surface area contributed by atoms with Crippen molar-refractivity contribution in [2.75, 3.05) is 11.9 Å². The molecule has 0 aromatic heterocycles. The van der Waals surface area contributed by atoms with Crippen LogP contribution in [0.25, 0.3) is 0 Å². The van der Waals surface area contributed by atoms with Crippen molar-refractivity contribution in [3.05, 3.63) is 29.8 Å². The van der Waals surface area contributed by atoms with Crippen molar-refractivity contribution in [2.24, 2.45) is 11.1 Å². The van der Waals surface area contributed by atoms with Gasteiger partial charge in [0.15, 0.2) is 0 Å². The van der Waals surface area contributed by atoms with Crippen molar-refractivity contribution in [3.8, 4) is 0 Å². The van der Waals surface area contributed by atoms with Gasteiger partial charge in [-0.2, -0.15) is 0 Å². The number of anilines is 1. The third kappa shape index (κ3) is 5.41. The second kappa shape index (κ2) is 6.68. The van der Waals surface area contributed by atoms with Gasteiger partial charge >= 0.3 is 0 Å². The number of rotatable bonds is 5. The van der Waals surface area contributed by atoms with Crippen LogP contribution in [0, 0.1) is 5.41 Å². The van der Waals surface area contributed by atoms with Crippen LogP contribution >= 0.6 is 0 Å². The molecule has 19 heavy (non-hydrogen) atoms. The molecule has 0 fully saturated rings. The van der Waals surface area contributed by atoms with E-state index in [1.807, 2.05) is 45.0 Å². The monoisotopic (exact) mass is 264 g/mol. The lowest BCUT2D eigenvalue weighted by molar-refractivity contribution is -0.117. The summed E-state index contributed by atoms with van der Waals surface area (Å²) < 4.78 is 0. The molecule has 0 aliphatic rings. The molecule has 0 heterocycles. The molecule has 0 bridgehead atoms. The van der Waals surface area contributed by atoms with E-state index in [4.69, 9.17) is 10.8 Å². The molecule has 0 saturated heterocycles. The van der Waals surface area contributed by atoms with E-state index in [1.54, 1.807) is 0 Å². The molecule has 1 atom stereocenters. The lowest BCUT2D eigenvalue weighted by atomic mass is 9.85. The molecule has 1 rings (SSSR count). The van der Waals surface area contributed by atoms with Gasteiger partial charge in [0, 0.05) is 24.8 Å². The second-order valence-electron chi connectivity index (χ2n) is 5.90. The fourth-order valence-corrected chi connectivity index (χ4v) is 1.60. The minimum atomic E-state index is -0.166. The van der Waals surface area contributed by atoms with Crippen LogP contribution in [0.5, 0.6) is 0 Å². The SMILES string of the molecule is CC(C)(C)C(N)CC(=O)Nc1ccc(CCO)cc1. The van der Waals surface area contributed by atoms with Crippen LogP contribution < -0.4 is 11.1 Å². The fraction of sp³-hybridized carbons (Fsp3) is 0.533. The number of nitrogens with one attached hydrogen (secondary N) is 1. The maximum atomic E-state index is 11.8. The molecule has 1 amide bonds. The van der Waals surface area contributed by atoms with Crippen LogP contribution in [-0.2, 0) is 11.2 Å². The van der Waals surface area contributed by atoms with Gasteiger partial charge in [-0.3, -0.25) is 4.79 Å². The topological polar surface area (TPSA) is 75.4 Å². The molecular weight excluding hydrogens is 240 g/mol. The first kappa shape index (κ1) is 15.7. The quantitative estimate of drug-likeness (QED) is 0.760. The molecule has 0 saturated carbocycles. The third-order valence-corrected chi connectivity index (χ3v) is 3.16. The van der Waals surface area contributed by atoms with E-state index in [2.05, 4.69) is 5.32 Å². The highest BCUT2D eigenvalue weighted by Crippen LogP contribution is 2.20. The van der Waals surface area contributed by atoms with E-state index >= 15 is 0 Å². The fourth-order valence-electron chi connectivity index (χ4n) is 1.60. The van der Waals surface area contributed by atoms with Crippen molar-refractivity contribution < 1.29 is 9.90 Å². The Labute approximate surface area is 115 Å². The number of aliphatic hydroxyl groups is 1. The summed E-state index contributed by atoms with van der Waals surface area (Å²) in [6.07, 6.45) is 0.936. The van der Waals surface area contributed by atoms with Gasteiger partial charge in [0.05, 0.1) is 0 Å². The highest BCUT2D eigenvalue weighted by molar-refractivity contribution is 5.91. The molecule has 4 heteroatoms. The Hall–Kier alpha value is -1.39. The zero-order valence-electron chi connectivity index (χ0n) is 11.9. The number of hydrogen-bond donors (Lipinski definition) is 3. The molecule has 0 radical (unpaired) electrons. The Morgan fingerprint density at radius 2 is 1.89 bits per heavy atom. The van der Waals surface area contributed by atoms with Crippen molar-refractivity contribution in [1.82, 2.24) is 0 Å². The molecule has 4 N–H and O–H groups in total. The lowest BCUT2D eigenvalue weighted by Gasteiger charge is -2.26. The molecule has 1 aromatic carbocycles. The summed E-state index contributed by atoms with van der Waals surface area (Å²) in [5.74, 6) is -0.0719. The molecule has 4 nitrogen and oxygen atoms in total. The molecule has 0 aliphatic heterocycles. The van der Waals surface area contributed by atoms with Crippen LogP contribution in [0.1, 0.15) is 32.8 Å². The molecular formula is C15H24N2O2. The normalized spacial score (nSPS) is 13.1. The molecule has 0 aliphatic carbocycles. The van der Waals surface area contributed by atoms with E-state index in [1.165, 1.54) is 0 Å². The van der Waals surface area contributed by atoms with Gasteiger partial charge in [-0.15, -0.1) is 0 Å². The van der Waals surface area contributed by atoms with E-state index in [-0.39, 0.29) is 24.0 Å². The van der Waals surface area contributed by atoms with Crippen molar-refractivity contribution >= 4 is 11.6 Å². The predicted molar refractivity (Wildman–Crippen MR) is 77.9 cm³/mol. The maximum absolute atomic E-state index is 11.8. The van der Waals surface area contributed by atoms with Crippen LogP contribution in [0.2, 0.25) is 0 Å². The average Bonchev–Trinajstić information content (AvgIpc) is 2.30. The van der Waals surface area contributed by atoms with E-state index in [9.17, 15) is 4.79 Å². The Morgan fingerprint density at radius 1 is 1.32 bits per heavy atom. The van der Waals surface area contributed by atoms with E-state index < -0.39 is 0 Å². The highest BCUT2D eigenvalue weighted by Gasteiger charge is 2.23. The van der Waals surface area contributed by atoms with Crippen LogP contribution in [0.3, 0.4) is 0 Å². The average molecular weight is 264 g/mol. The van der Waals surface area contributed by atoms with Crippen LogP contribution in [0.15, 0.2) is 24.3 Å². The zero-order chi connectivity index (χ0) is 14.5. The molecule has 0 spiro atoms.